The van der Waals surface area contributed by atoms with E-state index in [1.54, 1.807) is 7.11 Å². The molecule has 0 bridgehead atoms. The van der Waals surface area contributed by atoms with Crippen LogP contribution in [0.3, 0.4) is 0 Å². The average Bonchev–Trinajstić information content (AvgIpc) is 2.88. The van der Waals surface area contributed by atoms with Gasteiger partial charge in [-0.25, -0.2) is 0 Å². The first-order valence-electron chi connectivity index (χ1n) is 6.26. The van der Waals surface area contributed by atoms with Crippen molar-refractivity contribution in [1.29, 1.82) is 0 Å². The molecule has 20 heavy (non-hydrogen) atoms. The van der Waals surface area contributed by atoms with Crippen molar-refractivity contribution in [1.82, 2.24) is 10.1 Å². The number of aromatic nitrogens is 2. The monoisotopic (exact) mass is 339 g/mol. The Morgan fingerprint density at radius 2 is 2.05 bits per heavy atom. The van der Waals surface area contributed by atoms with Crippen LogP contribution in [0.15, 0.2) is 27.2 Å². The minimum Gasteiger partial charge on any atom is -0.497 e. The summed E-state index contributed by atoms with van der Waals surface area (Å²) in [5.41, 5.74) is 6.88. The third-order valence-corrected chi connectivity index (χ3v) is 3.62. The predicted octanol–water partition coefficient (Wildman–Crippen LogP) is 3.19. The number of hydrogen-bond acceptors (Lipinski definition) is 5. The summed E-state index contributed by atoms with van der Waals surface area (Å²) in [7, 11) is 1.62. The van der Waals surface area contributed by atoms with Gasteiger partial charge in [0.2, 0.25) is 5.89 Å². The van der Waals surface area contributed by atoms with Gasteiger partial charge in [-0.1, -0.05) is 41.9 Å². The van der Waals surface area contributed by atoms with Gasteiger partial charge in [-0.2, -0.15) is 4.98 Å². The van der Waals surface area contributed by atoms with Crippen LogP contribution in [0.1, 0.15) is 44.1 Å². The largest absolute Gasteiger partial charge is 0.497 e. The average molecular weight is 340 g/mol. The molecule has 1 atom stereocenters. The summed E-state index contributed by atoms with van der Waals surface area (Å²) in [5.74, 6) is 1.77. The predicted molar refractivity (Wildman–Crippen MR) is 79.7 cm³/mol. The maximum Gasteiger partial charge on any atom is 0.232 e. The summed E-state index contributed by atoms with van der Waals surface area (Å²) in [6.07, 6.45) is 0. The van der Waals surface area contributed by atoms with Gasteiger partial charge in [-0.3, -0.25) is 0 Å². The summed E-state index contributed by atoms with van der Waals surface area (Å²) >= 11 is 3.48. The lowest BCUT2D eigenvalue weighted by Gasteiger charge is -2.12. The molecule has 0 fully saturated rings. The Morgan fingerprint density at radius 1 is 1.35 bits per heavy atom. The topological polar surface area (TPSA) is 74.2 Å². The third kappa shape index (κ3) is 3.02. The van der Waals surface area contributed by atoms with E-state index in [1.807, 2.05) is 39.0 Å². The van der Waals surface area contributed by atoms with Gasteiger partial charge in [0.15, 0.2) is 5.82 Å². The van der Waals surface area contributed by atoms with E-state index in [4.69, 9.17) is 15.0 Å². The van der Waals surface area contributed by atoms with Crippen molar-refractivity contribution in [2.45, 2.75) is 32.2 Å². The second-order valence-electron chi connectivity index (χ2n) is 5.57. The molecule has 2 aromatic rings. The van der Waals surface area contributed by atoms with E-state index in [2.05, 4.69) is 26.1 Å². The lowest BCUT2D eigenvalue weighted by Crippen LogP contribution is -2.16. The molecule has 1 unspecified atom stereocenters. The summed E-state index contributed by atoms with van der Waals surface area (Å²) < 4.78 is 11.4. The molecule has 0 amide bonds. The molecule has 2 rings (SSSR count). The molecular formula is C14H18BrN3O2. The van der Waals surface area contributed by atoms with Gasteiger partial charge in [0, 0.05) is 9.89 Å². The first kappa shape index (κ1) is 15.0. The smallest absolute Gasteiger partial charge is 0.232 e. The molecule has 5 nitrogen and oxygen atoms in total. The standard InChI is InChI=1S/C14H18BrN3O2/c1-14(2,3)13-17-12(18-20-13)11(16)9-7-8(19-4)5-6-10(9)15/h5-7,11H,16H2,1-4H3. The molecule has 0 aliphatic rings. The molecule has 1 aromatic heterocycles. The van der Waals surface area contributed by atoms with Gasteiger partial charge >= 0.3 is 0 Å². The number of benzene rings is 1. The fraction of sp³-hybridized carbons (Fsp3) is 0.429. The zero-order chi connectivity index (χ0) is 14.9. The van der Waals surface area contributed by atoms with Crippen LogP contribution in [0.25, 0.3) is 0 Å². The molecule has 0 aliphatic heterocycles. The lowest BCUT2D eigenvalue weighted by molar-refractivity contribution is 0.317. The normalized spacial score (nSPS) is 13.3. The molecule has 0 spiro atoms. The highest BCUT2D eigenvalue weighted by Crippen LogP contribution is 2.30. The number of methoxy groups -OCH3 is 1. The summed E-state index contributed by atoms with van der Waals surface area (Å²) in [6, 6.07) is 5.14. The minimum absolute atomic E-state index is 0.198. The SMILES string of the molecule is COc1ccc(Br)c(C(N)c2noc(C(C)(C)C)n2)c1. The fourth-order valence-electron chi connectivity index (χ4n) is 1.69. The van der Waals surface area contributed by atoms with Crippen LogP contribution in [-0.4, -0.2) is 17.3 Å². The Bertz CT molecular complexity index is 605. The van der Waals surface area contributed by atoms with E-state index in [1.165, 1.54) is 0 Å². The number of rotatable bonds is 3. The first-order valence-corrected chi connectivity index (χ1v) is 7.05. The molecule has 2 N–H and O–H groups in total. The molecule has 1 aromatic carbocycles. The van der Waals surface area contributed by atoms with Crippen LogP contribution in [0.4, 0.5) is 0 Å². The fourth-order valence-corrected chi connectivity index (χ4v) is 2.19. The van der Waals surface area contributed by atoms with E-state index in [0.717, 1.165) is 15.8 Å². The van der Waals surface area contributed by atoms with Gasteiger partial charge in [0.1, 0.15) is 5.75 Å². The highest BCUT2D eigenvalue weighted by molar-refractivity contribution is 9.10. The van der Waals surface area contributed by atoms with Gasteiger partial charge in [-0.05, 0) is 23.8 Å². The van der Waals surface area contributed by atoms with Crippen molar-refractivity contribution in [2.75, 3.05) is 7.11 Å². The quantitative estimate of drug-likeness (QED) is 0.929. The molecule has 108 valence electrons. The van der Waals surface area contributed by atoms with Gasteiger partial charge in [-0.15, -0.1) is 0 Å². The van der Waals surface area contributed by atoms with Crippen molar-refractivity contribution in [3.05, 3.63) is 40.0 Å². The molecule has 0 saturated heterocycles. The van der Waals surface area contributed by atoms with Crippen molar-refractivity contribution < 1.29 is 9.26 Å². The second kappa shape index (κ2) is 5.54. The van der Waals surface area contributed by atoms with Crippen molar-refractivity contribution in [2.24, 2.45) is 5.73 Å². The third-order valence-electron chi connectivity index (χ3n) is 2.90. The maximum atomic E-state index is 6.23. The number of nitrogens with zero attached hydrogens (tertiary/aromatic N) is 2. The molecule has 0 aliphatic carbocycles. The van der Waals surface area contributed by atoms with E-state index in [9.17, 15) is 0 Å². The van der Waals surface area contributed by atoms with Gasteiger partial charge in [0.05, 0.1) is 13.2 Å². The molecule has 1 heterocycles. The maximum absolute atomic E-state index is 6.23. The van der Waals surface area contributed by atoms with E-state index < -0.39 is 6.04 Å². The van der Waals surface area contributed by atoms with E-state index in [-0.39, 0.29) is 5.41 Å². The van der Waals surface area contributed by atoms with Crippen molar-refractivity contribution in [3.8, 4) is 5.75 Å². The van der Waals surface area contributed by atoms with Crippen LogP contribution in [0.5, 0.6) is 5.75 Å². The highest BCUT2D eigenvalue weighted by Gasteiger charge is 2.25. The van der Waals surface area contributed by atoms with Crippen LogP contribution in [-0.2, 0) is 5.41 Å². The van der Waals surface area contributed by atoms with Crippen LogP contribution in [0, 0.1) is 0 Å². The second-order valence-corrected chi connectivity index (χ2v) is 6.43. The molecule has 0 radical (unpaired) electrons. The van der Waals surface area contributed by atoms with E-state index in [0.29, 0.717) is 11.7 Å². The Balaban J connectivity index is 2.36. The highest BCUT2D eigenvalue weighted by atomic mass is 79.9. The Labute approximate surface area is 126 Å². The molecular weight excluding hydrogens is 322 g/mol. The summed E-state index contributed by atoms with van der Waals surface area (Å²) in [4.78, 5) is 4.39. The van der Waals surface area contributed by atoms with Crippen LogP contribution >= 0.6 is 15.9 Å². The Morgan fingerprint density at radius 3 is 2.60 bits per heavy atom. The number of nitrogens with two attached hydrogens (primary N) is 1. The van der Waals surface area contributed by atoms with Crippen molar-refractivity contribution >= 4 is 15.9 Å². The lowest BCUT2D eigenvalue weighted by atomic mass is 9.97. The number of halogens is 1. The summed E-state index contributed by atoms with van der Waals surface area (Å²) in [6.45, 7) is 6.03. The Hall–Kier alpha value is -1.40. The summed E-state index contributed by atoms with van der Waals surface area (Å²) in [5, 5.41) is 3.98. The molecule has 6 heteroatoms. The van der Waals surface area contributed by atoms with Gasteiger partial charge < -0.3 is 15.0 Å². The van der Waals surface area contributed by atoms with Crippen molar-refractivity contribution in [3.63, 3.8) is 0 Å². The zero-order valence-corrected chi connectivity index (χ0v) is 13.6. The van der Waals surface area contributed by atoms with Crippen LogP contribution in [0.2, 0.25) is 0 Å². The molecule has 0 saturated carbocycles. The number of ether oxygens (including phenoxy) is 1. The van der Waals surface area contributed by atoms with Gasteiger partial charge in [0.25, 0.3) is 0 Å². The Kier molecular flexibility index (Phi) is 4.15. The van der Waals surface area contributed by atoms with Crippen LogP contribution < -0.4 is 10.5 Å². The zero-order valence-electron chi connectivity index (χ0n) is 12.0. The minimum atomic E-state index is -0.473. The van der Waals surface area contributed by atoms with E-state index >= 15 is 0 Å². The number of hydrogen-bond donors (Lipinski definition) is 1. The first-order chi connectivity index (χ1) is 9.32.